The van der Waals surface area contributed by atoms with Crippen molar-refractivity contribution >= 4 is 17.6 Å². The van der Waals surface area contributed by atoms with Gasteiger partial charge >= 0.3 is 5.97 Å². The van der Waals surface area contributed by atoms with Gasteiger partial charge in [0.1, 0.15) is 0 Å². The summed E-state index contributed by atoms with van der Waals surface area (Å²) in [5, 5.41) is 12.2. The molecule has 1 aliphatic rings. The molecule has 1 aliphatic carbocycles. The van der Waals surface area contributed by atoms with Crippen molar-refractivity contribution in [3.05, 3.63) is 65.6 Å². The lowest BCUT2D eigenvalue weighted by atomic mass is 10.0. The van der Waals surface area contributed by atoms with Gasteiger partial charge in [0.25, 0.3) is 0 Å². The molecule has 2 aromatic heterocycles. The van der Waals surface area contributed by atoms with Crippen LogP contribution in [0.5, 0.6) is 0 Å². The zero-order valence-electron chi connectivity index (χ0n) is 15.7. The molecular weight excluding hydrogens is 352 g/mol. The van der Waals surface area contributed by atoms with E-state index in [1.807, 2.05) is 37.3 Å². The Morgan fingerprint density at radius 1 is 1.14 bits per heavy atom. The highest BCUT2D eigenvalue weighted by atomic mass is 16.4. The Kier molecular flexibility index (Phi) is 5.02. The van der Waals surface area contributed by atoms with Crippen molar-refractivity contribution in [1.82, 2.24) is 15.0 Å². The summed E-state index contributed by atoms with van der Waals surface area (Å²) >= 11 is 0. The monoisotopic (exact) mass is 374 g/mol. The van der Waals surface area contributed by atoms with Crippen molar-refractivity contribution in [2.75, 3.05) is 5.32 Å². The summed E-state index contributed by atoms with van der Waals surface area (Å²) in [6.07, 6.45) is 6.53. The second-order valence-corrected chi connectivity index (χ2v) is 7.24. The van der Waals surface area contributed by atoms with Crippen LogP contribution in [0.3, 0.4) is 0 Å². The molecule has 6 heteroatoms. The minimum absolute atomic E-state index is 0.110. The maximum atomic E-state index is 10.8. The summed E-state index contributed by atoms with van der Waals surface area (Å²) in [6, 6.07) is 11.9. The second-order valence-electron chi connectivity index (χ2n) is 7.24. The van der Waals surface area contributed by atoms with Crippen LogP contribution in [0.2, 0.25) is 0 Å². The summed E-state index contributed by atoms with van der Waals surface area (Å²) in [4.78, 5) is 24.3. The van der Waals surface area contributed by atoms with Gasteiger partial charge in [-0.2, -0.15) is 0 Å². The molecule has 1 saturated carbocycles. The van der Waals surface area contributed by atoms with E-state index in [0.29, 0.717) is 18.3 Å². The Labute approximate surface area is 163 Å². The van der Waals surface area contributed by atoms with Crippen molar-refractivity contribution in [2.45, 2.75) is 38.5 Å². The number of aromatic nitrogens is 3. The molecule has 3 aromatic rings. The number of nitrogens with zero attached hydrogens (tertiary/aromatic N) is 3. The lowest BCUT2D eigenvalue weighted by Crippen LogP contribution is -2.00. The number of hydrogen-bond donors (Lipinski definition) is 2. The van der Waals surface area contributed by atoms with Gasteiger partial charge in [-0.1, -0.05) is 0 Å². The highest BCUT2D eigenvalue weighted by Crippen LogP contribution is 2.39. The van der Waals surface area contributed by atoms with Crippen LogP contribution in [0.15, 0.2) is 48.8 Å². The molecule has 0 atom stereocenters. The van der Waals surface area contributed by atoms with Crippen LogP contribution < -0.4 is 5.32 Å². The molecule has 0 aliphatic heterocycles. The summed E-state index contributed by atoms with van der Waals surface area (Å²) in [5.74, 6) is 0.382. The largest absolute Gasteiger partial charge is 0.481 e. The zero-order chi connectivity index (χ0) is 19.5. The molecule has 6 nitrogen and oxygen atoms in total. The number of carboxylic acid groups (broad SMARTS) is 1. The summed E-state index contributed by atoms with van der Waals surface area (Å²) < 4.78 is 0. The Bertz CT molecular complexity index is 1010. The molecule has 142 valence electrons. The minimum Gasteiger partial charge on any atom is -0.481 e. The van der Waals surface area contributed by atoms with Gasteiger partial charge in [-0.3, -0.25) is 9.78 Å². The SMILES string of the molecule is Cc1cc(Nc2nccc(C3CC3)n2)cc(-c2cc(CCC(=O)O)ccn2)c1. The molecule has 0 amide bonds. The maximum absolute atomic E-state index is 10.8. The molecule has 0 radical (unpaired) electrons. The number of rotatable bonds is 7. The van der Waals surface area contributed by atoms with Crippen molar-refractivity contribution in [3.8, 4) is 11.3 Å². The van der Waals surface area contributed by atoms with E-state index in [1.54, 1.807) is 12.4 Å². The van der Waals surface area contributed by atoms with Crippen LogP contribution in [-0.4, -0.2) is 26.0 Å². The lowest BCUT2D eigenvalue weighted by Gasteiger charge is -2.10. The fourth-order valence-corrected chi connectivity index (χ4v) is 3.21. The van der Waals surface area contributed by atoms with E-state index in [-0.39, 0.29) is 6.42 Å². The molecule has 1 aromatic carbocycles. The number of anilines is 2. The van der Waals surface area contributed by atoms with Crippen LogP contribution >= 0.6 is 0 Å². The highest BCUT2D eigenvalue weighted by molar-refractivity contribution is 5.69. The van der Waals surface area contributed by atoms with E-state index in [2.05, 4.69) is 26.3 Å². The molecule has 0 bridgehead atoms. The standard InChI is InChI=1S/C22H22N4O2/c1-14-10-17(20-12-15(6-8-23-20)2-5-21(27)28)13-18(11-14)25-22-24-9-7-19(26-22)16-3-4-16/h6-13,16H,2-5H2,1H3,(H,27,28)(H,24,25,26). The van der Waals surface area contributed by atoms with E-state index in [1.165, 1.54) is 12.8 Å². The van der Waals surface area contributed by atoms with E-state index in [0.717, 1.165) is 33.8 Å². The molecule has 2 N–H and O–H groups in total. The van der Waals surface area contributed by atoms with Crippen LogP contribution in [0.1, 0.15) is 42.0 Å². The molecular formula is C22H22N4O2. The molecule has 0 unspecified atom stereocenters. The van der Waals surface area contributed by atoms with Crippen molar-refractivity contribution < 1.29 is 9.90 Å². The number of aryl methyl sites for hydroxylation is 2. The number of hydrogen-bond acceptors (Lipinski definition) is 5. The topological polar surface area (TPSA) is 88.0 Å². The Morgan fingerprint density at radius 2 is 1.96 bits per heavy atom. The van der Waals surface area contributed by atoms with Gasteiger partial charge in [0.15, 0.2) is 0 Å². The first-order chi connectivity index (χ1) is 13.6. The third kappa shape index (κ3) is 4.52. The minimum atomic E-state index is -0.797. The first-order valence-electron chi connectivity index (χ1n) is 9.45. The van der Waals surface area contributed by atoms with E-state index in [4.69, 9.17) is 5.11 Å². The van der Waals surface area contributed by atoms with Crippen LogP contribution in [0.4, 0.5) is 11.6 Å². The predicted molar refractivity (Wildman–Crippen MR) is 108 cm³/mol. The number of benzene rings is 1. The molecule has 0 saturated heterocycles. The van der Waals surface area contributed by atoms with E-state index < -0.39 is 5.97 Å². The van der Waals surface area contributed by atoms with Crippen molar-refractivity contribution in [2.24, 2.45) is 0 Å². The summed E-state index contributed by atoms with van der Waals surface area (Å²) in [5.41, 5.74) is 5.85. The first-order valence-corrected chi connectivity index (χ1v) is 9.45. The lowest BCUT2D eigenvalue weighted by molar-refractivity contribution is -0.136. The van der Waals surface area contributed by atoms with Crippen LogP contribution in [0, 0.1) is 6.92 Å². The number of carbonyl (C=O) groups is 1. The number of nitrogens with one attached hydrogen (secondary N) is 1. The van der Waals surface area contributed by atoms with Crippen LogP contribution in [0.25, 0.3) is 11.3 Å². The van der Waals surface area contributed by atoms with Gasteiger partial charge < -0.3 is 10.4 Å². The van der Waals surface area contributed by atoms with Crippen molar-refractivity contribution in [3.63, 3.8) is 0 Å². The van der Waals surface area contributed by atoms with E-state index in [9.17, 15) is 4.79 Å². The van der Waals surface area contributed by atoms with Crippen LogP contribution in [-0.2, 0) is 11.2 Å². The van der Waals surface area contributed by atoms with Gasteiger partial charge in [0.2, 0.25) is 5.95 Å². The number of pyridine rings is 1. The summed E-state index contributed by atoms with van der Waals surface area (Å²) in [6.45, 7) is 2.03. The molecule has 2 heterocycles. The Hall–Kier alpha value is -3.28. The third-order valence-corrected chi connectivity index (χ3v) is 4.75. The fourth-order valence-electron chi connectivity index (χ4n) is 3.21. The highest BCUT2D eigenvalue weighted by Gasteiger charge is 2.25. The zero-order valence-corrected chi connectivity index (χ0v) is 15.7. The van der Waals surface area contributed by atoms with Gasteiger partial charge in [-0.05, 0) is 73.7 Å². The molecule has 1 fully saturated rings. The predicted octanol–water partition coefficient (Wildman–Crippen LogP) is 4.49. The summed E-state index contributed by atoms with van der Waals surface area (Å²) in [7, 11) is 0. The average Bonchev–Trinajstić information content (AvgIpc) is 3.52. The quantitative estimate of drug-likeness (QED) is 0.634. The fraction of sp³-hybridized carbons (Fsp3) is 0.273. The van der Waals surface area contributed by atoms with Crippen molar-refractivity contribution in [1.29, 1.82) is 0 Å². The Balaban J connectivity index is 1.58. The molecule has 0 spiro atoms. The van der Waals surface area contributed by atoms with Gasteiger partial charge in [-0.15, -0.1) is 0 Å². The second kappa shape index (κ2) is 7.76. The molecule has 28 heavy (non-hydrogen) atoms. The normalized spacial score (nSPS) is 13.3. The van der Waals surface area contributed by atoms with Gasteiger partial charge in [-0.25, -0.2) is 9.97 Å². The number of aliphatic carboxylic acids is 1. The number of carboxylic acids is 1. The molecule has 4 rings (SSSR count). The van der Waals surface area contributed by atoms with Gasteiger partial charge in [0, 0.05) is 41.7 Å². The van der Waals surface area contributed by atoms with E-state index >= 15 is 0 Å². The smallest absolute Gasteiger partial charge is 0.303 e. The maximum Gasteiger partial charge on any atom is 0.303 e. The first kappa shape index (κ1) is 18.1. The van der Waals surface area contributed by atoms with Gasteiger partial charge in [0.05, 0.1) is 5.69 Å². The third-order valence-electron chi connectivity index (χ3n) is 4.75. The average molecular weight is 374 g/mol. The Morgan fingerprint density at radius 3 is 2.75 bits per heavy atom.